The van der Waals surface area contributed by atoms with Crippen molar-refractivity contribution in [3.05, 3.63) is 101 Å². The van der Waals surface area contributed by atoms with E-state index in [4.69, 9.17) is 23.4 Å². The van der Waals surface area contributed by atoms with Gasteiger partial charge >= 0.3 is 17.9 Å². The van der Waals surface area contributed by atoms with Gasteiger partial charge in [0, 0.05) is 6.10 Å². The van der Waals surface area contributed by atoms with E-state index in [9.17, 15) is 14.4 Å². The molecule has 1 saturated carbocycles. The maximum atomic E-state index is 12.7. The summed E-state index contributed by atoms with van der Waals surface area (Å²) in [5.74, 6) is 0.826. The maximum absolute atomic E-state index is 12.7. The van der Waals surface area contributed by atoms with Gasteiger partial charge in [-0.15, -0.1) is 0 Å². The van der Waals surface area contributed by atoms with Gasteiger partial charge in [0.2, 0.25) is 0 Å². The van der Waals surface area contributed by atoms with Crippen molar-refractivity contribution in [1.82, 2.24) is 0 Å². The Hall–Kier alpha value is -3.95. The van der Waals surface area contributed by atoms with Crippen LogP contribution in [0.15, 0.2) is 78.9 Å². The van der Waals surface area contributed by atoms with E-state index in [0.717, 1.165) is 67.1 Å². The summed E-state index contributed by atoms with van der Waals surface area (Å²) in [7, 11) is -1.87. The van der Waals surface area contributed by atoms with Crippen molar-refractivity contribution in [2.45, 2.75) is 116 Å². The average molecular weight is 729 g/mol. The highest BCUT2D eigenvalue weighted by Crippen LogP contribution is 2.50. The van der Waals surface area contributed by atoms with Crippen LogP contribution in [0, 0.1) is 17.8 Å². The van der Waals surface area contributed by atoms with Gasteiger partial charge in [-0.3, -0.25) is 9.59 Å². The molecule has 0 bridgehead atoms. The van der Waals surface area contributed by atoms with E-state index >= 15 is 0 Å². The Morgan fingerprint density at radius 2 is 1.37 bits per heavy atom. The highest BCUT2D eigenvalue weighted by Gasteiger charge is 2.48. The summed E-state index contributed by atoms with van der Waals surface area (Å²) >= 11 is 0. The Bertz CT molecular complexity index is 1580. The van der Waals surface area contributed by atoms with Crippen molar-refractivity contribution in [3.8, 4) is 5.75 Å². The van der Waals surface area contributed by atoms with Crippen LogP contribution in [0.25, 0.3) is 0 Å². The SMILES string of the molecule is CC[Si](CC)(CC)OC1C[C@@H]2Cc3c(cccc3OCC(=O)OCc3ccccc3)C[C@@H]2[C@H]1CC[C@H](C)OC(=O)CCC(=O)OCc1ccccc1. The van der Waals surface area contributed by atoms with Gasteiger partial charge in [-0.2, -0.15) is 0 Å². The van der Waals surface area contributed by atoms with Crippen molar-refractivity contribution in [2.75, 3.05) is 6.61 Å². The van der Waals surface area contributed by atoms with Crippen molar-refractivity contribution in [3.63, 3.8) is 0 Å². The zero-order valence-electron chi connectivity index (χ0n) is 31.4. The summed E-state index contributed by atoms with van der Waals surface area (Å²) in [6, 6.07) is 28.6. The van der Waals surface area contributed by atoms with E-state index in [1.54, 1.807) is 0 Å². The van der Waals surface area contributed by atoms with E-state index < -0.39 is 14.3 Å². The molecule has 0 aliphatic heterocycles. The largest absolute Gasteiger partial charge is 0.482 e. The third-order valence-corrected chi connectivity index (χ3v) is 15.9. The molecule has 0 N–H and O–H groups in total. The normalized spacial score (nSPS) is 19.9. The Balaban J connectivity index is 1.18. The molecule has 1 fully saturated rings. The second-order valence-electron chi connectivity index (χ2n) is 14.5. The lowest BCUT2D eigenvalue weighted by Crippen LogP contribution is -2.42. The third-order valence-electron chi connectivity index (χ3n) is 11.3. The molecule has 0 spiro atoms. The summed E-state index contributed by atoms with van der Waals surface area (Å²) < 4.78 is 29.9. The molecular formula is C43H56O8Si. The zero-order chi connectivity index (χ0) is 36.9. The fraction of sp³-hybridized carbons (Fsp3) is 0.512. The average Bonchev–Trinajstić information content (AvgIpc) is 3.50. The van der Waals surface area contributed by atoms with E-state index in [1.807, 2.05) is 79.7 Å². The lowest BCUT2D eigenvalue weighted by molar-refractivity contribution is -0.154. The standard InChI is InChI=1S/C43H56O8Si/c1-5-52(6-2,7-3)51-40-27-35-26-38-34(19-14-20-39(38)47-30-43(46)49-29-33-17-12-9-13-18-33)25-37(35)36(40)22-21-31(4)50-42(45)24-23-41(44)48-28-32-15-10-8-11-16-32/h8-20,31,35-37,40H,5-7,21-30H2,1-4H3/t31-,35-,36+,37-,40?/m0/s1. The van der Waals surface area contributed by atoms with E-state index in [2.05, 4.69) is 26.8 Å². The van der Waals surface area contributed by atoms with Crippen LogP contribution in [0.5, 0.6) is 5.75 Å². The van der Waals surface area contributed by atoms with Gasteiger partial charge in [0.05, 0.1) is 18.9 Å². The van der Waals surface area contributed by atoms with Crippen molar-refractivity contribution in [2.24, 2.45) is 17.8 Å². The Labute approximate surface area is 310 Å². The molecule has 2 aliphatic rings. The van der Waals surface area contributed by atoms with Gasteiger partial charge in [0.25, 0.3) is 0 Å². The highest BCUT2D eigenvalue weighted by molar-refractivity contribution is 6.73. The van der Waals surface area contributed by atoms with E-state index in [1.165, 1.54) is 11.1 Å². The molecule has 9 heteroatoms. The molecule has 280 valence electrons. The number of carbonyl (C=O) groups excluding carboxylic acids is 3. The number of ether oxygens (including phenoxy) is 4. The predicted molar refractivity (Wildman–Crippen MR) is 203 cm³/mol. The van der Waals surface area contributed by atoms with Crippen LogP contribution in [-0.4, -0.2) is 45.0 Å². The molecule has 5 atom stereocenters. The Kier molecular flexibility index (Phi) is 14.5. The van der Waals surface area contributed by atoms with Gasteiger partial charge in [-0.1, -0.05) is 93.6 Å². The number of benzene rings is 3. The first-order valence-electron chi connectivity index (χ1n) is 19.2. The Morgan fingerprint density at radius 1 is 0.750 bits per heavy atom. The minimum absolute atomic E-state index is 0.00137. The molecule has 0 saturated heterocycles. The minimum Gasteiger partial charge on any atom is -0.482 e. The molecule has 3 aromatic rings. The lowest BCUT2D eigenvalue weighted by Gasteiger charge is -2.36. The smallest absolute Gasteiger partial charge is 0.344 e. The second kappa shape index (κ2) is 19.2. The van der Waals surface area contributed by atoms with Crippen molar-refractivity contribution < 1.29 is 37.8 Å². The minimum atomic E-state index is -1.87. The fourth-order valence-electron chi connectivity index (χ4n) is 8.07. The molecule has 0 amide bonds. The van der Waals surface area contributed by atoms with E-state index in [0.29, 0.717) is 17.8 Å². The van der Waals surface area contributed by atoms with Crippen LogP contribution in [0.2, 0.25) is 18.1 Å². The zero-order valence-corrected chi connectivity index (χ0v) is 32.4. The van der Waals surface area contributed by atoms with Gasteiger partial charge in [-0.25, -0.2) is 4.79 Å². The molecular weight excluding hydrogens is 673 g/mol. The number of rotatable bonds is 19. The van der Waals surface area contributed by atoms with Crippen LogP contribution in [-0.2, 0) is 59.1 Å². The molecule has 2 aliphatic carbocycles. The van der Waals surface area contributed by atoms with Crippen molar-refractivity contribution >= 4 is 26.2 Å². The van der Waals surface area contributed by atoms with Crippen LogP contribution in [0.3, 0.4) is 0 Å². The van der Waals surface area contributed by atoms with Crippen LogP contribution in [0.1, 0.15) is 82.1 Å². The summed E-state index contributed by atoms with van der Waals surface area (Å²) in [5, 5.41) is 0. The van der Waals surface area contributed by atoms with Crippen molar-refractivity contribution in [1.29, 1.82) is 0 Å². The highest BCUT2D eigenvalue weighted by atomic mass is 28.4. The molecule has 52 heavy (non-hydrogen) atoms. The van der Waals surface area contributed by atoms with E-state index in [-0.39, 0.29) is 56.8 Å². The van der Waals surface area contributed by atoms with Crippen LogP contribution >= 0.6 is 0 Å². The van der Waals surface area contributed by atoms with Gasteiger partial charge in [0.15, 0.2) is 14.9 Å². The van der Waals surface area contributed by atoms with Crippen LogP contribution < -0.4 is 4.74 Å². The number of hydrogen-bond donors (Lipinski definition) is 0. The summed E-state index contributed by atoms with van der Waals surface area (Å²) in [6.07, 6.45) is 4.34. The summed E-state index contributed by atoms with van der Waals surface area (Å²) in [6.45, 7) is 9.07. The molecule has 0 radical (unpaired) electrons. The Morgan fingerprint density at radius 3 is 2.00 bits per heavy atom. The van der Waals surface area contributed by atoms with Gasteiger partial charge in [0.1, 0.15) is 19.0 Å². The topological polar surface area (TPSA) is 97.4 Å². The quantitative estimate of drug-likeness (QED) is 0.0687. The third kappa shape index (κ3) is 10.8. The lowest BCUT2D eigenvalue weighted by atomic mass is 9.73. The number of esters is 3. The number of hydrogen-bond acceptors (Lipinski definition) is 8. The monoisotopic (exact) mass is 728 g/mol. The molecule has 3 aromatic carbocycles. The summed E-state index contributed by atoms with van der Waals surface area (Å²) in [5.41, 5.74) is 4.31. The number of carbonyl (C=O) groups is 3. The van der Waals surface area contributed by atoms with Gasteiger partial charge < -0.3 is 23.4 Å². The first kappa shape index (κ1) is 39.3. The maximum Gasteiger partial charge on any atom is 0.344 e. The summed E-state index contributed by atoms with van der Waals surface area (Å²) in [4.78, 5) is 37.5. The first-order chi connectivity index (χ1) is 25.2. The van der Waals surface area contributed by atoms with Crippen LogP contribution in [0.4, 0.5) is 0 Å². The predicted octanol–water partition coefficient (Wildman–Crippen LogP) is 8.79. The fourth-order valence-corrected chi connectivity index (χ4v) is 11.0. The molecule has 0 aromatic heterocycles. The molecule has 8 nitrogen and oxygen atoms in total. The molecule has 5 rings (SSSR count). The first-order valence-corrected chi connectivity index (χ1v) is 21.7. The molecule has 1 unspecified atom stereocenters. The number of fused-ring (bicyclic) bond motifs is 2. The van der Waals surface area contributed by atoms with Gasteiger partial charge in [-0.05, 0) is 103 Å². The second-order valence-corrected chi connectivity index (χ2v) is 19.2. The molecule has 0 heterocycles.